The molecule has 0 bridgehead atoms. The second kappa shape index (κ2) is 7.07. The van der Waals surface area contributed by atoms with Crippen LogP contribution in [-0.4, -0.2) is 22.7 Å². The van der Waals surface area contributed by atoms with Crippen LogP contribution in [0.25, 0.3) is 10.8 Å². The summed E-state index contributed by atoms with van der Waals surface area (Å²) in [6.45, 7) is 3.87. The Morgan fingerprint density at radius 3 is 2.71 bits per heavy atom. The van der Waals surface area contributed by atoms with Gasteiger partial charge >= 0.3 is 5.97 Å². The Balaban J connectivity index is 1.78. The van der Waals surface area contributed by atoms with Crippen LogP contribution in [-0.2, 0) is 16.1 Å². The van der Waals surface area contributed by atoms with Gasteiger partial charge in [-0.25, -0.2) is 0 Å². The summed E-state index contributed by atoms with van der Waals surface area (Å²) in [6, 6.07) is 7.20. The summed E-state index contributed by atoms with van der Waals surface area (Å²) in [4.78, 5) is 24.6. The third kappa shape index (κ3) is 3.78. The molecule has 0 atom stereocenters. The van der Waals surface area contributed by atoms with Crippen LogP contribution in [0.4, 0.5) is 0 Å². The van der Waals surface area contributed by atoms with Crippen LogP contribution in [0.3, 0.4) is 0 Å². The van der Waals surface area contributed by atoms with Crippen molar-refractivity contribution in [2.45, 2.75) is 58.3 Å². The summed E-state index contributed by atoms with van der Waals surface area (Å²) in [6.07, 6.45) is 5.80. The van der Waals surface area contributed by atoms with Crippen LogP contribution in [0.15, 0.2) is 35.3 Å². The quantitative estimate of drug-likeness (QED) is 0.790. The van der Waals surface area contributed by atoms with Crippen LogP contribution in [0, 0.1) is 0 Å². The highest BCUT2D eigenvalue weighted by atomic mass is 16.5. The Morgan fingerprint density at radius 2 is 2.00 bits per heavy atom. The van der Waals surface area contributed by atoms with E-state index in [0.29, 0.717) is 5.39 Å². The van der Waals surface area contributed by atoms with E-state index < -0.39 is 0 Å². The van der Waals surface area contributed by atoms with Gasteiger partial charge in [0.1, 0.15) is 18.4 Å². The molecule has 0 spiro atoms. The third-order valence-corrected chi connectivity index (χ3v) is 4.22. The lowest BCUT2D eigenvalue weighted by molar-refractivity contribution is -0.149. The first-order valence-corrected chi connectivity index (χ1v) is 8.52. The molecule has 0 amide bonds. The second-order valence-corrected chi connectivity index (χ2v) is 6.56. The molecular formula is C19H23NO4. The highest BCUT2D eigenvalue weighted by molar-refractivity contribution is 5.83. The number of ether oxygens (including phenoxy) is 2. The average Bonchev–Trinajstić information content (AvgIpc) is 3.02. The van der Waals surface area contributed by atoms with Gasteiger partial charge in [-0.1, -0.05) is 0 Å². The van der Waals surface area contributed by atoms with E-state index in [1.165, 1.54) is 4.57 Å². The van der Waals surface area contributed by atoms with Gasteiger partial charge in [0.15, 0.2) is 0 Å². The van der Waals surface area contributed by atoms with Crippen LogP contribution in [0.1, 0.15) is 39.5 Å². The summed E-state index contributed by atoms with van der Waals surface area (Å²) < 4.78 is 12.5. The van der Waals surface area contributed by atoms with Crippen molar-refractivity contribution in [1.82, 2.24) is 4.57 Å². The van der Waals surface area contributed by atoms with Crippen molar-refractivity contribution in [3.63, 3.8) is 0 Å². The molecule has 0 radical (unpaired) electrons. The van der Waals surface area contributed by atoms with Crippen molar-refractivity contribution in [3.8, 4) is 5.75 Å². The topological polar surface area (TPSA) is 57.5 Å². The molecule has 0 N–H and O–H groups in total. The minimum atomic E-state index is -0.344. The zero-order valence-electron chi connectivity index (χ0n) is 14.2. The number of carbonyl (C=O) groups is 1. The van der Waals surface area contributed by atoms with Crippen LogP contribution < -0.4 is 10.3 Å². The minimum absolute atomic E-state index is 0.0180. The Morgan fingerprint density at radius 1 is 1.25 bits per heavy atom. The smallest absolute Gasteiger partial charge is 0.326 e. The molecule has 1 saturated carbocycles. The third-order valence-electron chi connectivity index (χ3n) is 4.22. The van der Waals surface area contributed by atoms with Gasteiger partial charge in [-0.05, 0) is 69.2 Å². The molecule has 5 heteroatoms. The lowest BCUT2D eigenvalue weighted by Crippen LogP contribution is -2.26. The van der Waals surface area contributed by atoms with Gasteiger partial charge < -0.3 is 14.0 Å². The van der Waals surface area contributed by atoms with E-state index in [1.54, 1.807) is 18.3 Å². The first-order chi connectivity index (χ1) is 11.5. The summed E-state index contributed by atoms with van der Waals surface area (Å²) in [5.74, 6) is 0.387. The lowest BCUT2D eigenvalue weighted by atomic mass is 10.1. The molecule has 1 aromatic heterocycles. The molecular weight excluding hydrogens is 306 g/mol. The molecule has 1 fully saturated rings. The van der Waals surface area contributed by atoms with Crippen LogP contribution in [0.2, 0.25) is 0 Å². The standard InChI is InChI=1S/C19H23NO4/c1-13(2)23-16-7-8-17-14(11-16)9-10-20(19(17)22)12-18(21)24-15-5-3-4-6-15/h7-11,13,15H,3-6,12H2,1-2H3. The number of benzene rings is 1. The van der Waals surface area contributed by atoms with E-state index in [4.69, 9.17) is 9.47 Å². The van der Waals surface area contributed by atoms with Gasteiger partial charge in [-0.15, -0.1) is 0 Å². The maximum atomic E-state index is 12.5. The Bertz CT molecular complexity index is 788. The van der Waals surface area contributed by atoms with E-state index in [1.807, 2.05) is 26.0 Å². The maximum Gasteiger partial charge on any atom is 0.326 e. The molecule has 0 aliphatic heterocycles. The van der Waals surface area contributed by atoms with Gasteiger partial charge in [0.05, 0.1) is 6.10 Å². The van der Waals surface area contributed by atoms with Crippen molar-refractivity contribution in [2.75, 3.05) is 0 Å². The predicted molar refractivity (Wildman–Crippen MR) is 92.3 cm³/mol. The summed E-state index contributed by atoms with van der Waals surface area (Å²) in [5, 5.41) is 1.38. The highest BCUT2D eigenvalue weighted by Crippen LogP contribution is 2.21. The number of hydrogen-bond acceptors (Lipinski definition) is 4. The number of esters is 1. The summed E-state index contributed by atoms with van der Waals surface area (Å²) in [5.41, 5.74) is -0.188. The molecule has 2 aromatic rings. The molecule has 0 unspecified atom stereocenters. The van der Waals surface area contributed by atoms with E-state index in [9.17, 15) is 9.59 Å². The van der Waals surface area contributed by atoms with Gasteiger partial charge in [-0.2, -0.15) is 0 Å². The monoisotopic (exact) mass is 329 g/mol. The number of pyridine rings is 1. The average molecular weight is 329 g/mol. The number of rotatable bonds is 5. The Kier molecular flexibility index (Phi) is 4.88. The minimum Gasteiger partial charge on any atom is -0.491 e. The second-order valence-electron chi connectivity index (χ2n) is 6.56. The van der Waals surface area contributed by atoms with Crippen LogP contribution >= 0.6 is 0 Å². The number of hydrogen-bond donors (Lipinski definition) is 0. The van der Waals surface area contributed by atoms with Crippen molar-refractivity contribution in [1.29, 1.82) is 0 Å². The molecule has 1 aliphatic carbocycles. The van der Waals surface area contributed by atoms with E-state index in [-0.39, 0.29) is 30.3 Å². The summed E-state index contributed by atoms with van der Waals surface area (Å²) >= 11 is 0. The fourth-order valence-corrected chi connectivity index (χ4v) is 3.10. The van der Waals surface area contributed by atoms with Gasteiger partial charge in [0.25, 0.3) is 5.56 Å². The molecule has 5 nitrogen and oxygen atoms in total. The SMILES string of the molecule is CC(C)Oc1ccc2c(=O)n(CC(=O)OC3CCCC3)ccc2c1. The lowest BCUT2D eigenvalue weighted by Gasteiger charge is -2.13. The molecule has 1 heterocycles. The number of aromatic nitrogens is 1. The van der Waals surface area contributed by atoms with Crippen molar-refractivity contribution >= 4 is 16.7 Å². The molecule has 128 valence electrons. The Hall–Kier alpha value is -2.30. The molecule has 0 saturated heterocycles. The van der Waals surface area contributed by atoms with Crippen molar-refractivity contribution in [3.05, 3.63) is 40.8 Å². The number of nitrogens with zero attached hydrogens (tertiary/aromatic N) is 1. The molecule has 1 aliphatic rings. The first-order valence-electron chi connectivity index (χ1n) is 8.52. The Labute approximate surface area is 141 Å². The number of carbonyl (C=O) groups excluding carboxylic acids is 1. The van der Waals surface area contributed by atoms with Gasteiger partial charge in [0, 0.05) is 11.6 Å². The first kappa shape index (κ1) is 16.6. The predicted octanol–water partition coefficient (Wildman–Crippen LogP) is 3.27. The van der Waals surface area contributed by atoms with E-state index in [0.717, 1.165) is 36.8 Å². The fourth-order valence-electron chi connectivity index (χ4n) is 3.10. The normalized spacial score (nSPS) is 15.1. The zero-order valence-corrected chi connectivity index (χ0v) is 14.2. The largest absolute Gasteiger partial charge is 0.491 e. The van der Waals surface area contributed by atoms with Gasteiger partial charge in [-0.3, -0.25) is 9.59 Å². The molecule has 24 heavy (non-hydrogen) atoms. The molecule has 3 rings (SSSR count). The van der Waals surface area contributed by atoms with Gasteiger partial charge in [0.2, 0.25) is 0 Å². The number of fused-ring (bicyclic) bond motifs is 1. The van der Waals surface area contributed by atoms with Crippen molar-refractivity contribution in [2.24, 2.45) is 0 Å². The highest BCUT2D eigenvalue weighted by Gasteiger charge is 2.19. The fraction of sp³-hybridized carbons (Fsp3) is 0.474. The van der Waals surface area contributed by atoms with Crippen LogP contribution in [0.5, 0.6) is 5.75 Å². The zero-order chi connectivity index (χ0) is 17.1. The van der Waals surface area contributed by atoms with E-state index in [2.05, 4.69) is 0 Å². The van der Waals surface area contributed by atoms with Crippen molar-refractivity contribution < 1.29 is 14.3 Å². The van der Waals surface area contributed by atoms with E-state index >= 15 is 0 Å². The molecule has 1 aromatic carbocycles. The summed E-state index contributed by atoms with van der Waals surface area (Å²) in [7, 11) is 0. The maximum absolute atomic E-state index is 12.5.